The van der Waals surface area contributed by atoms with Gasteiger partial charge in [0, 0.05) is 21.6 Å². The Morgan fingerprint density at radius 2 is 2.12 bits per heavy atom. The molecule has 0 bridgehead atoms. The fourth-order valence-electron chi connectivity index (χ4n) is 1.24. The van der Waals surface area contributed by atoms with Crippen molar-refractivity contribution >= 4 is 33.5 Å². The molecule has 0 saturated heterocycles. The smallest absolute Gasteiger partial charge is 0.227 e. The molecule has 5 heteroatoms. The third-order valence-corrected chi connectivity index (χ3v) is 3.01. The lowest BCUT2D eigenvalue weighted by Gasteiger charge is -2.14. The maximum Gasteiger partial charge on any atom is 0.227 e. The maximum atomic E-state index is 11.7. The van der Waals surface area contributed by atoms with Crippen LogP contribution in [-0.4, -0.2) is 11.9 Å². The highest BCUT2D eigenvalue weighted by molar-refractivity contribution is 9.10. The van der Waals surface area contributed by atoms with Crippen LogP contribution >= 0.6 is 15.9 Å². The molecule has 1 N–H and O–H groups in total. The Balaban J connectivity index is 2.98. The average molecular weight is 299 g/mol. The molecule has 1 aromatic carbocycles. The van der Waals surface area contributed by atoms with Crippen molar-refractivity contribution in [1.82, 2.24) is 0 Å². The SMILES string of the molecule is CC[C@@H](C)C(=O)Nc1ccc(Br)cc1C(=O)[O-]. The molecule has 0 aliphatic rings. The summed E-state index contributed by atoms with van der Waals surface area (Å²) in [5.41, 5.74) is 0.231. The summed E-state index contributed by atoms with van der Waals surface area (Å²) in [4.78, 5) is 22.6. The lowest BCUT2D eigenvalue weighted by Crippen LogP contribution is -2.26. The van der Waals surface area contributed by atoms with Crippen LogP contribution in [0.1, 0.15) is 30.6 Å². The molecule has 0 aliphatic heterocycles. The van der Waals surface area contributed by atoms with Crippen LogP contribution in [0.2, 0.25) is 0 Å². The predicted molar refractivity (Wildman–Crippen MR) is 66.6 cm³/mol. The number of halogens is 1. The van der Waals surface area contributed by atoms with E-state index in [9.17, 15) is 14.7 Å². The molecule has 92 valence electrons. The summed E-state index contributed by atoms with van der Waals surface area (Å²) in [6, 6.07) is 4.61. The van der Waals surface area contributed by atoms with Gasteiger partial charge in [-0.3, -0.25) is 4.79 Å². The van der Waals surface area contributed by atoms with Crippen molar-refractivity contribution < 1.29 is 14.7 Å². The van der Waals surface area contributed by atoms with Gasteiger partial charge < -0.3 is 15.2 Å². The van der Waals surface area contributed by atoms with Crippen LogP contribution in [0, 0.1) is 5.92 Å². The second-order valence-corrected chi connectivity index (χ2v) is 4.69. The van der Waals surface area contributed by atoms with Gasteiger partial charge >= 0.3 is 0 Å². The summed E-state index contributed by atoms with van der Waals surface area (Å²) in [6.45, 7) is 3.68. The molecule has 0 radical (unpaired) electrons. The van der Waals surface area contributed by atoms with Crippen molar-refractivity contribution in [2.75, 3.05) is 5.32 Å². The minimum atomic E-state index is -1.31. The quantitative estimate of drug-likeness (QED) is 0.921. The van der Waals surface area contributed by atoms with Crippen LogP contribution in [0.5, 0.6) is 0 Å². The van der Waals surface area contributed by atoms with Gasteiger partial charge in [-0.15, -0.1) is 0 Å². The Bertz CT molecular complexity index is 445. The van der Waals surface area contributed by atoms with Crippen molar-refractivity contribution in [3.63, 3.8) is 0 Å². The number of aromatic carboxylic acids is 1. The maximum absolute atomic E-state index is 11.7. The molecule has 1 aromatic rings. The van der Waals surface area contributed by atoms with Crippen molar-refractivity contribution in [3.8, 4) is 0 Å². The van der Waals surface area contributed by atoms with Crippen molar-refractivity contribution in [2.45, 2.75) is 20.3 Å². The van der Waals surface area contributed by atoms with Crippen LogP contribution in [0.4, 0.5) is 5.69 Å². The number of carbonyl (C=O) groups is 2. The number of carbonyl (C=O) groups excluding carboxylic acids is 2. The molecule has 0 unspecified atom stereocenters. The highest BCUT2D eigenvalue weighted by Crippen LogP contribution is 2.21. The molecular formula is C12H13BrNO3-. The standard InChI is InChI=1S/C12H14BrNO3/c1-3-7(2)11(15)14-10-5-4-8(13)6-9(10)12(16)17/h4-7H,3H2,1-2H3,(H,14,15)(H,16,17)/p-1/t7-/m1/s1. The fourth-order valence-corrected chi connectivity index (χ4v) is 1.60. The minimum Gasteiger partial charge on any atom is -0.545 e. The lowest BCUT2D eigenvalue weighted by atomic mass is 10.1. The molecule has 1 amide bonds. The fraction of sp³-hybridized carbons (Fsp3) is 0.333. The first-order valence-corrected chi connectivity index (χ1v) is 6.06. The Morgan fingerprint density at radius 1 is 1.47 bits per heavy atom. The van der Waals surface area contributed by atoms with Crippen LogP contribution < -0.4 is 10.4 Å². The first kappa shape index (κ1) is 13.7. The molecule has 0 aliphatic carbocycles. The Hall–Kier alpha value is -1.36. The molecular weight excluding hydrogens is 286 g/mol. The monoisotopic (exact) mass is 298 g/mol. The summed E-state index contributed by atoms with van der Waals surface area (Å²) in [7, 11) is 0. The second-order valence-electron chi connectivity index (χ2n) is 3.78. The number of amides is 1. The van der Waals surface area contributed by atoms with Gasteiger partial charge in [0.15, 0.2) is 0 Å². The van der Waals surface area contributed by atoms with E-state index in [0.29, 0.717) is 10.9 Å². The van der Waals surface area contributed by atoms with Crippen LogP contribution in [0.15, 0.2) is 22.7 Å². The summed E-state index contributed by atoms with van der Waals surface area (Å²) in [6.07, 6.45) is 0.697. The van der Waals surface area contributed by atoms with E-state index in [1.807, 2.05) is 6.92 Å². The highest BCUT2D eigenvalue weighted by atomic mass is 79.9. The van der Waals surface area contributed by atoms with Gasteiger partial charge in [0.1, 0.15) is 0 Å². The number of anilines is 1. The lowest BCUT2D eigenvalue weighted by molar-refractivity contribution is -0.254. The predicted octanol–water partition coefficient (Wildman–Crippen LogP) is 1.80. The summed E-state index contributed by atoms with van der Waals surface area (Å²) in [5.74, 6) is -1.67. The van der Waals surface area contributed by atoms with E-state index >= 15 is 0 Å². The third kappa shape index (κ3) is 3.56. The van der Waals surface area contributed by atoms with E-state index in [-0.39, 0.29) is 23.1 Å². The van der Waals surface area contributed by atoms with Gasteiger partial charge in [-0.25, -0.2) is 0 Å². The second kappa shape index (κ2) is 5.82. The number of benzene rings is 1. The number of carboxylic acid groups (broad SMARTS) is 1. The first-order valence-electron chi connectivity index (χ1n) is 5.27. The van der Waals surface area contributed by atoms with Crippen LogP contribution in [-0.2, 0) is 4.79 Å². The number of hydrogen-bond acceptors (Lipinski definition) is 3. The number of hydrogen-bond donors (Lipinski definition) is 1. The molecule has 4 nitrogen and oxygen atoms in total. The number of nitrogens with one attached hydrogen (secondary N) is 1. The Kier molecular flexibility index (Phi) is 4.69. The molecule has 0 heterocycles. The van der Waals surface area contributed by atoms with Crippen molar-refractivity contribution in [2.24, 2.45) is 5.92 Å². The van der Waals surface area contributed by atoms with Gasteiger partial charge in [-0.05, 0) is 24.6 Å². The van der Waals surface area contributed by atoms with Gasteiger partial charge in [-0.1, -0.05) is 29.8 Å². The van der Waals surface area contributed by atoms with Gasteiger partial charge in [0.25, 0.3) is 0 Å². The van der Waals surface area contributed by atoms with E-state index < -0.39 is 5.97 Å². The summed E-state index contributed by atoms with van der Waals surface area (Å²) >= 11 is 3.17. The van der Waals surface area contributed by atoms with Crippen LogP contribution in [0.25, 0.3) is 0 Å². The normalized spacial score (nSPS) is 11.9. The van der Waals surface area contributed by atoms with Gasteiger partial charge in [0.2, 0.25) is 5.91 Å². The molecule has 0 spiro atoms. The first-order chi connectivity index (χ1) is 7.95. The van der Waals surface area contributed by atoms with E-state index in [4.69, 9.17) is 0 Å². The van der Waals surface area contributed by atoms with E-state index in [2.05, 4.69) is 21.2 Å². The topological polar surface area (TPSA) is 69.2 Å². The third-order valence-electron chi connectivity index (χ3n) is 2.52. The molecule has 1 atom stereocenters. The Labute approximate surface area is 108 Å². The minimum absolute atomic E-state index is 0.0315. The summed E-state index contributed by atoms with van der Waals surface area (Å²) < 4.78 is 0.623. The molecule has 17 heavy (non-hydrogen) atoms. The van der Waals surface area contributed by atoms with Crippen molar-refractivity contribution in [1.29, 1.82) is 0 Å². The van der Waals surface area contributed by atoms with E-state index in [1.165, 1.54) is 12.1 Å². The zero-order chi connectivity index (χ0) is 13.0. The summed E-state index contributed by atoms with van der Waals surface area (Å²) in [5, 5.41) is 13.5. The Morgan fingerprint density at radius 3 is 2.65 bits per heavy atom. The number of rotatable bonds is 4. The largest absolute Gasteiger partial charge is 0.545 e. The zero-order valence-electron chi connectivity index (χ0n) is 9.62. The van der Waals surface area contributed by atoms with E-state index in [1.54, 1.807) is 13.0 Å². The molecule has 1 rings (SSSR count). The van der Waals surface area contributed by atoms with E-state index in [0.717, 1.165) is 0 Å². The molecule has 0 saturated carbocycles. The molecule has 0 aromatic heterocycles. The molecule has 0 fully saturated rings. The van der Waals surface area contributed by atoms with Gasteiger partial charge in [0.05, 0.1) is 5.97 Å². The average Bonchev–Trinajstić information content (AvgIpc) is 2.29. The number of carboxylic acids is 1. The zero-order valence-corrected chi connectivity index (χ0v) is 11.2. The van der Waals surface area contributed by atoms with Crippen LogP contribution in [0.3, 0.4) is 0 Å². The van der Waals surface area contributed by atoms with Gasteiger partial charge in [-0.2, -0.15) is 0 Å². The van der Waals surface area contributed by atoms with Crippen molar-refractivity contribution in [3.05, 3.63) is 28.2 Å². The highest BCUT2D eigenvalue weighted by Gasteiger charge is 2.13.